The molecule has 0 saturated heterocycles. The third-order valence-corrected chi connectivity index (χ3v) is 5.51. The Morgan fingerprint density at radius 2 is 1.85 bits per heavy atom. The van der Waals surface area contributed by atoms with Crippen LogP contribution in [0.1, 0.15) is 38.5 Å². The summed E-state index contributed by atoms with van der Waals surface area (Å²) in [6.45, 7) is 0. The lowest BCUT2D eigenvalue weighted by Crippen LogP contribution is -2.37. The Morgan fingerprint density at radius 3 is 2.55 bits per heavy atom. The monoisotopic (exact) mass is 312 g/mol. The summed E-state index contributed by atoms with van der Waals surface area (Å²) >= 11 is 6.04. The second-order valence-corrected chi connectivity index (χ2v) is 7.40. The van der Waals surface area contributed by atoms with Crippen LogP contribution in [0.3, 0.4) is 0 Å². The van der Waals surface area contributed by atoms with Crippen LogP contribution in [0.15, 0.2) is 27.5 Å². The fraction of sp³-hybridized carbons (Fsp3) is 0.500. The molecule has 0 N–H and O–H groups in total. The summed E-state index contributed by atoms with van der Waals surface area (Å²) < 4.78 is 27.8. The van der Waals surface area contributed by atoms with Crippen LogP contribution in [0, 0.1) is 0 Å². The highest BCUT2D eigenvalue weighted by atomic mass is 35.5. The van der Waals surface area contributed by atoms with Gasteiger partial charge in [0.2, 0.25) is 0 Å². The number of hydrogen-bond donors (Lipinski definition) is 0. The van der Waals surface area contributed by atoms with E-state index in [1.54, 1.807) is 18.2 Å². The van der Waals surface area contributed by atoms with Crippen LogP contribution in [0.25, 0.3) is 0 Å². The molecule has 1 aromatic carbocycles. The van der Waals surface area contributed by atoms with Crippen molar-refractivity contribution in [2.24, 2.45) is 4.40 Å². The Hall–Kier alpha value is -1.07. The van der Waals surface area contributed by atoms with E-state index in [1.165, 1.54) is 32.0 Å². The van der Waals surface area contributed by atoms with Gasteiger partial charge in [-0.25, -0.2) is 0 Å². The van der Waals surface area contributed by atoms with Crippen LogP contribution in [0.5, 0.6) is 0 Å². The summed E-state index contributed by atoms with van der Waals surface area (Å²) in [7, 11) is -3.57. The first-order valence-electron chi connectivity index (χ1n) is 6.96. The first kappa shape index (κ1) is 13.9. The number of rotatable bonds is 1. The molecule has 1 saturated carbocycles. The molecule has 108 valence electrons. The van der Waals surface area contributed by atoms with Crippen molar-refractivity contribution >= 4 is 33.7 Å². The molecule has 1 aliphatic carbocycles. The van der Waals surface area contributed by atoms with Crippen LogP contribution in [-0.4, -0.2) is 20.8 Å². The first-order chi connectivity index (χ1) is 9.58. The zero-order chi connectivity index (χ0) is 14.2. The van der Waals surface area contributed by atoms with E-state index in [0.717, 1.165) is 12.8 Å². The molecule has 6 heteroatoms. The minimum Gasteiger partial charge on any atom is -0.327 e. The standard InChI is InChI=1S/C14H17ClN2O2S/c15-11-7-8-14-13(9-11)17(10-16-20(14,18)19)12-5-3-1-2-4-6-12/h7-10,12H,1-6H2. The Kier molecular flexibility index (Phi) is 3.73. The van der Waals surface area contributed by atoms with Gasteiger partial charge in [0, 0.05) is 11.1 Å². The molecule has 0 radical (unpaired) electrons. The lowest BCUT2D eigenvalue weighted by molar-refractivity contribution is 0.570. The molecule has 0 amide bonds. The maximum Gasteiger partial charge on any atom is 0.285 e. The molecule has 1 fully saturated rings. The molecule has 0 unspecified atom stereocenters. The third kappa shape index (κ3) is 2.56. The minimum atomic E-state index is -3.57. The van der Waals surface area contributed by atoms with Gasteiger partial charge in [0.1, 0.15) is 11.2 Å². The number of anilines is 1. The van der Waals surface area contributed by atoms with Gasteiger partial charge in [-0.05, 0) is 31.0 Å². The predicted octanol–water partition coefficient (Wildman–Crippen LogP) is 3.60. The minimum absolute atomic E-state index is 0.258. The van der Waals surface area contributed by atoms with E-state index >= 15 is 0 Å². The maximum absolute atomic E-state index is 12.0. The number of halogens is 1. The molecule has 0 spiro atoms. The Labute approximate surface area is 124 Å². The highest BCUT2D eigenvalue weighted by Gasteiger charge is 2.29. The van der Waals surface area contributed by atoms with Crippen molar-refractivity contribution in [1.82, 2.24) is 0 Å². The van der Waals surface area contributed by atoms with E-state index in [9.17, 15) is 8.42 Å². The lowest BCUT2D eigenvalue weighted by Gasteiger charge is -2.32. The van der Waals surface area contributed by atoms with Crippen LogP contribution in [-0.2, 0) is 10.0 Å². The number of fused-ring (bicyclic) bond motifs is 1. The Bertz CT molecular complexity index is 635. The van der Waals surface area contributed by atoms with Gasteiger partial charge in [-0.2, -0.15) is 8.42 Å². The van der Waals surface area contributed by atoms with Crippen molar-refractivity contribution in [3.05, 3.63) is 23.2 Å². The quantitative estimate of drug-likeness (QED) is 0.744. The molecule has 1 aromatic rings. The van der Waals surface area contributed by atoms with Gasteiger partial charge >= 0.3 is 0 Å². The summed E-state index contributed by atoms with van der Waals surface area (Å²) in [6.07, 6.45) is 8.46. The Balaban J connectivity index is 2.03. The number of nitrogens with zero attached hydrogens (tertiary/aromatic N) is 2. The van der Waals surface area contributed by atoms with E-state index in [2.05, 4.69) is 4.40 Å². The first-order valence-corrected chi connectivity index (χ1v) is 8.78. The molecule has 1 heterocycles. The molecule has 0 atom stereocenters. The van der Waals surface area contributed by atoms with Gasteiger partial charge in [-0.3, -0.25) is 0 Å². The fourth-order valence-corrected chi connectivity index (χ4v) is 4.14. The predicted molar refractivity (Wildman–Crippen MR) is 81.1 cm³/mol. The molecular formula is C14H17ClN2O2S. The maximum atomic E-state index is 12.0. The van der Waals surface area contributed by atoms with Crippen LogP contribution >= 0.6 is 11.6 Å². The largest absolute Gasteiger partial charge is 0.327 e. The summed E-state index contributed by atoms with van der Waals surface area (Å²) in [5.41, 5.74) is 0.666. The second kappa shape index (κ2) is 5.37. The molecule has 0 bridgehead atoms. The topological polar surface area (TPSA) is 49.7 Å². The van der Waals surface area contributed by atoms with Crippen molar-refractivity contribution in [2.75, 3.05) is 4.90 Å². The van der Waals surface area contributed by atoms with Gasteiger partial charge in [0.25, 0.3) is 10.0 Å². The SMILES string of the molecule is O=S1(=O)N=CN(C2CCCCCC2)c2cc(Cl)ccc21. The number of hydrogen-bond acceptors (Lipinski definition) is 3. The molecule has 4 nitrogen and oxygen atoms in total. The van der Waals surface area contributed by atoms with Crippen LogP contribution in [0.2, 0.25) is 5.02 Å². The molecule has 2 aliphatic rings. The average molecular weight is 313 g/mol. The van der Waals surface area contributed by atoms with Crippen molar-refractivity contribution in [3.8, 4) is 0 Å². The van der Waals surface area contributed by atoms with E-state index in [1.807, 2.05) is 4.90 Å². The summed E-state index contributed by atoms with van der Waals surface area (Å²) in [4.78, 5) is 2.25. The smallest absolute Gasteiger partial charge is 0.285 e. The molecule has 20 heavy (non-hydrogen) atoms. The van der Waals surface area contributed by atoms with E-state index in [-0.39, 0.29) is 4.90 Å². The highest BCUT2D eigenvalue weighted by molar-refractivity contribution is 7.90. The van der Waals surface area contributed by atoms with Crippen molar-refractivity contribution in [2.45, 2.75) is 49.5 Å². The summed E-state index contributed by atoms with van der Waals surface area (Å²) in [6, 6.07) is 5.19. The zero-order valence-corrected chi connectivity index (χ0v) is 12.7. The molecule has 0 aromatic heterocycles. The average Bonchev–Trinajstić information content (AvgIpc) is 2.67. The number of sulfonamides is 1. The van der Waals surface area contributed by atoms with E-state index in [0.29, 0.717) is 16.8 Å². The van der Waals surface area contributed by atoms with Gasteiger partial charge in [-0.15, -0.1) is 4.40 Å². The highest BCUT2D eigenvalue weighted by Crippen LogP contribution is 2.35. The fourth-order valence-electron chi connectivity index (χ4n) is 2.97. The van der Waals surface area contributed by atoms with E-state index in [4.69, 9.17) is 11.6 Å². The van der Waals surface area contributed by atoms with Crippen molar-refractivity contribution < 1.29 is 8.42 Å². The third-order valence-electron chi connectivity index (χ3n) is 4.01. The second-order valence-electron chi connectivity index (χ2n) is 5.36. The van der Waals surface area contributed by atoms with Gasteiger partial charge in [-0.1, -0.05) is 37.3 Å². The zero-order valence-electron chi connectivity index (χ0n) is 11.1. The van der Waals surface area contributed by atoms with Gasteiger partial charge in [0.15, 0.2) is 0 Å². The molecule has 1 aliphatic heterocycles. The molecule has 3 rings (SSSR count). The lowest BCUT2D eigenvalue weighted by atomic mass is 10.1. The summed E-state index contributed by atoms with van der Waals surface area (Å²) in [5.74, 6) is 0. The van der Waals surface area contributed by atoms with Crippen LogP contribution < -0.4 is 4.90 Å². The van der Waals surface area contributed by atoms with E-state index < -0.39 is 10.0 Å². The normalized spacial score (nSPS) is 22.4. The van der Waals surface area contributed by atoms with Crippen molar-refractivity contribution in [3.63, 3.8) is 0 Å². The Morgan fingerprint density at radius 1 is 1.15 bits per heavy atom. The molecular weight excluding hydrogens is 296 g/mol. The van der Waals surface area contributed by atoms with Gasteiger partial charge < -0.3 is 4.90 Å². The van der Waals surface area contributed by atoms with Crippen LogP contribution in [0.4, 0.5) is 5.69 Å². The number of benzene rings is 1. The van der Waals surface area contributed by atoms with Gasteiger partial charge in [0.05, 0.1) is 5.69 Å². The van der Waals surface area contributed by atoms with Crippen molar-refractivity contribution in [1.29, 1.82) is 0 Å². The summed E-state index contributed by atoms with van der Waals surface area (Å²) in [5, 5.41) is 0.549.